The second kappa shape index (κ2) is 3.73. The van der Waals surface area contributed by atoms with Gasteiger partial charge < -0.3 is 4.84 Å². The molecule has 0 amide bonds. The van der Waals surface area contributed by atoms with Gasteiger partial charge in [0.05, 0.1) is 10.9 Å². The normalized spacial score (nSPS) is 10.5. The molecule has 0 aliphatic heterocycles. The van der Waals surface area contributed by atoms with E-state index in [-0.39, 0.29) is 5.56 Å². The van der Waals surface area contributed by atoms with Crippen LogP contribution in [0.4, 0.5) is 0 Å². The lowest BCUT2D eigenvalue weighted by Crippen LogP contribution is -2.29. The Morgan fingerprint density at radius 3 is 2.87 bits per heavy atom. The van der Waals surface area contributed by atoms with Crippen molar-refractivity contribution < 1.29 is 4.84 Å². The molecule has 0 aliphatic rings. The summed E-state index contributed by atoms with van der Waals surface area (Å²) in [6.45, 7) is 4.03. The summed E-state index contributed by atoms with van der Waals surface area (Å²) < 4.78 is 1.24. The van der Waals surface area contributed by atoms with Crippen LogP contribution in [0.5, 0.6) is 0 Å². The van der Waals surface area contributed by atoms with Gasteiger partial charge in [-0.25, -0.2) is 4.98 Å². The van der Waals surface area contributed by atoms with Crippen LogP contribution >= 0.6 is 0 Å². The van der Waals surface area contributed by atoms with Crippen LogP contribution in [0.15, 0.2) is 29.1 Å². The molecule has 0 N–H and O–H groups in total. The van der Waals surface area contributed by atoms with E-state index in [1.807, 2.05) is 25.1 Å². The van der Waals surface area contributed by atoms with Gasteiger partial charge in [0, 0.05) is 0 Å². The van der Waals surface area contributed by atoms with Gasteiger partial charge in [0.2, 0.25) is 0 Å². The van der Waals surface area contributed by atoms with Crippen LogP contribution in [0.2, 0.25) is 0 Å². The molecule has 0 unspecified atom stereocenters. The van der Waals surface area contributed by atoms with Crippen LogP contribution in [0.1, 0.15) is 12.7 Å². The van der Waals surface area contributed by atoms with E-state index in [1.165, 1.54) is 4.73 Å². The van der Waals surface area contributed by atoms with Crippen molar-refractivity contribution in [1.29, 1.82) is 0 Å². The van der Waals surface area contributed by atoms with Crippen LogP contribution in [0.25, 0.3) is 10.9 Å². The average Bonchev–Trinajstić information content (AvgIpc) is 2.24. The molecule has 0 fully saturated rings. The molecule has 2 rings (SSSR count). The molecule has 0 atom stereocenters. The van der Waals surface area contributed by atoms with E-state index in [0.29, 0.717) is 23.3 Å². The highest BCUT2D eigenvalue weighted by Gasteiger charge is 2.07. The zero-order chi connectivity index (χ0) is 10.8. The fourth-order valence-electron chi connectivity index (χ4n) is 1.51. The summed E-state index contributed by atoms with van der Waals surface area (Å²) in [6, 6.07) is 7.25. The van der Waals surface area contributed by atoms with Gasteiger partial charge in [0.15, 0.2) is 0 Å². The Balaban J connectivity index is 2.78. The number of hydrogen-bond acceptors (Lipinski definition) is 3. The molecule has 4 heteroatoms. The summed E-state index contributed by atoms with van der Waals surface area (Å²) in [5.74, 6) is 0.570. The first kappa shape index (κ1) is 9.71. The van der Waals surface area contributed by atoms with E-state index in [4.69, 9.17) is 4.84 Å². The lowest BCUT2D eigenvalue weighted by Gasteiger charge is -2.09. The van der Waals surface area contributed by atoms with Gasteiger partial charge in [0.25, 0.3) is 5.56 Å². The zero-order valence-corrected chi connectivity index (χ0v) is 8.73. The van der Waals surface area contributed by atoms with Crippen molar-refractivity contribution in [3.63, 3.8) is 0 Å². The minimum Gasteiger partial charge on any atom is -0.409 e. The van der Waals surface area contributed by atoms with Gasteiger partial charge in [-0.2, -0.15) is 0 Å². The number of rotatable bonds is 2. The number of hydrogen-bond donors (Lipinski definition) is 0. The molecule has 4 nitrogen and oxygen atoms in total. The van der Waals surface area contributed by atoms with Gasteiger partial charge in [-0.3, -0.25) is 4.79 Å². The van der Waals surface area contributed by atoms with Crippen molar-refractivity contribution in [1.82, 2.24) is 9.71 Å². The number of fused-ring (bicyclic) bond motifs is 1. The molecule has 0 spiro atoms. The summed E-state index contributed by atoms with van der Waals surface area (Å²) in [6.07, 6.45) is 0. The average molecular weight is 204 g/mol. The van der Waals surface area contributed by atoms with E-state index in [1.54, 1.807) is 13.0 Å². The van der Waals surface area contributed by atoms with Crippen molar-refractivity contribution in [3.05, 3.63) is 40.4 Å². The number of para-hydroxylation sites is 1. The molecule has 0 radical (unpaired) electrons. The fourth-order valence-corrected chi connectivity index (χ4v) is 1.51. The molecular formula is C11H12N2O2. The Hall–Kier alpha value is -1.84. The first-order chi connectivity index (χ1) is 7.24. The lowest BCUT2D eigenvalue weighted by atomic mass is 10.2. The van der Waals surface area contributed by atoms with Gasteiger partial charge in [-0.05, 0) is 26.0 Å². The van der Waals surface area contributed by atoms with Gasteiger partial charge >= 0.3 is 0 Å². The number of aryl methyl sites for hydroxylation is 1. The van der Waals surface area contributed by atoms with Gasteiger partial charge in [-0.1, -0.05) is 12.1 Å². The zero-order valence-electron chi connectivity index (χ0n) is 8.73. The Kier molecular flexibility index (Phi) is 2.41. The van der Waals surface area contributed by atoms with Crippen molar-refractivity contribution in [2.45, 2.75) is 13.8 Å². The third-order valence-electron chi connectivity index (χ3n) is 2.15. The second-order valence-corrected chi connectivity index (χ2v) is 3.19. The summed E-state index contributed by atoms with van der Waals surface area (Å²) in [7, 11) is 0. The SMILES string of the molecule is CCOn1c(C)nc2ccccc2c1=O. The maximum Gasteiger partial charge on any atom is 0.294 e. The maximum absolute atomic E-state index is 11.9. The molecule has 0 aliphatic carbocycles. The highest BCUT2D eigenvalue weighted by Crippen LogP contribution is 2.06. The molecule has 0 saturated carbocycles. The highest BCUT2D eigenvalue weighted by molar-refractivity contribution is 5.77. The second-order valence-electron chi connectivity index (χ2n) is 3.19. The molecule has 2 aromatic rings. The van der Waals surface area contributed by atoms with Crippen molar-refractivity contribution in [3.8, 4) is 0 Å². The van der Waals surface area contributed by atoms with Crippen molar-refractivity contribution in [2.24, 2.45) is 0 Å². The number of aromatic nitrogens is 2. The van der Waals surface area contributed by atoms with Crippen LogP contribution in [-0.4, -0.2) is 16.3 Å². The van der Waals surface area contributed by atoms with E-state index in [2.05, 4.69) is 4.98 Å². The molecule has 1 heterocycles. The molecule has 1 aromatic carbocycles. The van der Waals surface area contributed by atoms with E-state index >= 15 is 0 Å². The van der Waals surface area contributed by atoms with Crippen molar-refractivity contribution >= 4 is 10.9 Å². The van der Waals surface area contributed by atoms with E-state index in [9.17, 15) is 4.79 Å². The van der Waals surface area contributed by atoms with Gasteiger partial charge in [-0.15, -0.1) is 4.73 Å². The molecule has 15 heavy (non-hydrogen) atoms. The molecular weight excluding hydrogens is 192 g/mol. The minimum absolute atomic E-state index is 0.153. The summed E-state index contributed by atoms with van der Waals surface area (Å²) in [4.78, 5) is 21.4. The summed E-state index contributed by atoms with van der Waals surface area (Å²) in [5.41, 5.74) is 0.552. The predicted molar refractivity (Wildman–Crippen MR) is 57.9 cm³/mol. The Morgan fingerprint density at radius 2 is 2.13 bits per heavy atom. The molecule has 1 aromatic heterocycles. The third-order valence-corrected chi connectivity index (χ3v) is 2.15. The largest absolute Gasteiger partial charge is 0.409 e. The monoisotopic (exact) mass is 204 g/mol. The summed E-state index contributed by atoms with van der Waals surface area (Å²) >= 11 is 0. The highest BCUT2D eigenvalue weighted by atomic mass is 16.7. The topological polar surface area (TPSA) is 44.1 Å². The first-order valence-electron chi connectivity index (χ1n) is 4.85. The van der Waals surface area contributed by atoms with Crippen LogP contribution < -0.4 is 10.4 Å². The maximum atomic E-state index is 11.9. The minimum atomic E-state index is -0.153. The summed E-state index contributed by atoms with van der Waals surface area (Å²) in [5, 5.41) is 0.580. The Bertz CT molecular complexity index is 546. The standard InChI is InChI=1S/C11H12N2O2/c1-3-15-13-8(2)12-10-7-5-4-6-9(10)11(13)14/h4-7H,3H2,1-2H3. The van der Waals surface area contributed by atoms with Crippen LogP contribution in [0, 0.1) is 6.92 Å². The number of benzene rings is 1. The van der Waals surface area contributed by atoms with E-state index < -0.39 is 0 Å². The number of nitrogens with zero attached hydrogens (tertiary/aromatic N) is 2. The molecule has 0 saturated heterocycles. The molecule has 0 bridgehead atoms. The van der Waals surface area contributed by atoms with Crippen LogP contribution in [-0.2, 0) is 0 Å². The smallest absolute Gasteiger partial charge is 0.294 e. The Labute approximate surface area is 87.1 Å². The lowest BCUT2D eigenvalue weighted by molar-refractivity contribution is 0.106. The quantitative estimate of drug-likeness (QED) is 0.737. The van der Waals surface area contributed by atoms with Crippen LogP contribution in [0.3, 0.4) is 0 Å². The molecule has 78 valence electrons. The van der Waals surface area contributed by atoms with Crippen molar-refractivity contribution in [2.75, 3.05) is 6.61 Å². The third kappa shape index (κ3) is 1.58. The Morgan fingerprint density at radius 1 is 1.40 bits per heavy atom. The predicted octanol–water partition coefficient (Wildman–Crippen LogP) is 1.15. The fraction of sp³-hybridized carbons (Fsp3) is 0.273. The first-order valence-corrected chi connectivity index (χ1v) is 4.85. The van der Waals surface area contributed by atoms with E-state index in [0.717, 1.165) is 0 Å². The van der Waals surface area contributed by atoms with Gasteiger partial charge in [0.1, 0.15) is 12.4 Å².